The molecule has 262 valence electrons. The van der Waals surface area contributed by atoms with Gasteiger partial charge in [0.15, 0.2) is 6.10 Å². The first-order valence-electron chi connectivity index (χ1n) is 18.5. The molecule has 0 heterocycles. The Bertz CT molecular complexity index is 864. The van der Waals surface area contributed by atoms with Gasteiger partial charge in [-0.3, -0.25) is 9.59 Å². The number of ether oxygens (including phenoxy) is 2. The Morgan fingerprint density at radius 1 is 0.500 bits per heavy atom. The van der Waals surface area contributed by atoms with Crippen molar-refractivity contribution in [3.8, 4) is 0 Å². The Morgan fingerprint density at radius 3 is 1.41 bits per heavy atom. The quantitative estimate of drug-likeness (QED) is 0.0450. The molecule has 0 spiro atoms. The van der Waals surface area contributed by atoms with Crippen molar-refractivity contribution in [2.45, 2.75) is 161 Å². The molecule has 0 amide bonds. The molecule has 1 N–H and O–H groups in total. The molecule has 0 aromatic carbocycles. The van der Waals surface area contributed by atoms with Gasteiger partial charge in [-0.2, -0.15) is 0 Å². The van der Waals surface area contributed by atoms with E-state index >= 15 is 0 Å². The van der Waals surface area contributed by atoms with Crippen LogP contribution in [0.1, 0.15) is 155 Å². The highest BCUT2D eigenvalue weighted by molar-refractivity contribution is 5.70. The summed E-state index contributed by atoms with van der Waals surface area (Å²) in [6.07, 6.45) is 48.2. The average molecular weight is 641 g/mol. The molecular weight excluding hydrogens is 572 g/mol. The van der Waals surface area contributed by atoms with E-state index < -0.39 is 6.10 Å². The van der Waals surface area contributed by atoms with E-state index in [0.29, 0.717) is 12.8 Å². The van der Waals surface area contributed by atoms with Crippen LogP contribution in [0.25, 0.3) is 0 Å². The molecule has 0 saturated carbocycles. The van der Waals surface area contributed by atoms with Crippen LogP contribution in [-0.4, -0.2) is 36.4 Å². The molecule has 0 unspecified atom stereocenters. The maximum Gasteiger partial charge on any atom is 0.306 e. The Hall–Kier alpha value is -2.66. The van der Waals surface area contributed by atoms with Gasteiger partial charge in [-0.25, -0.2) is 0 Å². The standard InChI is InChI=1S/C41H68O5/c1-3-5-7-9-11-13-15-17-19-20-22-24-26-28-30-32-34-36-41(44)46-39(37-42)38-45-40(43)35-33-31-29-27-25-23-21-18-16-14-12-10-8-6-4-2/h12,14,17-19,21-22,24-25,27-28,30,39,42H,3-11,13,15-16,20,23,26,29,31-38H2,1-2H3/t39-/m0/s1. The van der Waals surface area contributed by atoms with E-state index in [4.69, 9.17) is 9.47 Å². The number of esters is 2. The van der Waals surface area contributed by atoms with Crippen molar-refractivity contribution in [1.82, 2.24) is 0 Å². The van der Waals surface area contributed by atoms with Crippen LogP contribution in [0.3, 0.4) is 0 Å². The molecular formula is C41H68O5. The topological polar surface area (TPSA) is 72.8 Å². The molecule has 0 aromatic rings. The Kier molecular flexibility index (Phi) is 34.7. The third-order valence-electron chi connectivity index (χ3n) is 7.47. The van der Waals surface area contributed by atoms with Crippen LogP contribution in [-0.2, 0) is 19.1 Å². The highest BCUT2D eigenvalue weighted by Gasteiger charge is 2.15. The summed E-state index contributed by atoms with van der Waals surface area (Å²) in [6.45, 7) is 4.00. The number of hydrogen-bond acceptors (Lipinski definition) is 5. The summed E-state index contributed by atoms with van der Waals surface area (Å²) in [6, 6.07) is 0. The number of unbranched alkanes of at least 4 members (excludes halogenated alkanes) is 12. The van der Waals surface area contributed by atoms with Gasteiger partial charge in [0.25, 0.3) is 0 Å². The highest BCUT2D eigenvalue weighted by atomic mass is 16.6. The number of rotatable bonds is 32. The second-order valence-corrected chi connectivity index (χ2v) is 11.9. The molecule has 5 heteroatoms. The van der Waals surface area contributed by atoms with Gasteiger partial charge in [0, 0.05) is 12.8 Å². The highest BCUT2D eigenvalue weighted by Crippen LogP contribution is 2.08. The second-order valence-electron chi connectivity index (χ2n) is 11.9. The zero-order valence-electron chi connectivity index (χ0n) is 29.6. The van der Waals surface area contributed by atoms with E-state index in [0.717, 1.165) is 51.4 Å². The van der Waals surface area contributed by atoms with Crippen molar-refractivity contribution in [3.63, 3.8) is 0 Å². The van der Waals surface area contributed by atoms with Gasteiger partial charge in [-0.15, -0.1) is 0 Å². The lowest BCUT2D eigenvalue weighted by Crippen LogP contribution is -2.28. The van der Waals surface area contributed by atoms with E-state index in [2.05, 4.69) is 86.8 Å². The molecule has 0 fully saturated rings. The van der Waals surface area contributed by atoms with Crippen molar-refractivity contribution in [3.05, 3.63) is 72.9 Å². The van der Waals surface area contributed by atoms with E-state index in [9.17, 15) is 14.7 Å². The van der Waals surface area contributed by atoms with Gasteiger partial charge in [0.05, 0.1) is 6.61 Å². The van der Waals surface area contributed by atoms with Crippen LogP contribution in [0, 0.1) is 0 Å². The second kappa shape index (κ2) is 36.8. The number of aliphatic hydroxyl groups is 1. The fourth-order valence-corrected chi connectivity index (χ4v) is 4.63. The number of carbonyl (C=O) groups is 2. The van der Waals surface area contributed by atoms with Crippen molar-refractivity contribution in [1.29, 1.82) is 0 Å². The summed E-state index contributed by atoms with van der Waals surface area (Å²) in [7, 11) is 0. The van der Waals surface area contributed by atoms with Crippen molar-refractivity contribution in [2.24, 2.45) is 0 Å². The van der Waals surface area contributed by atoms with E-state index in [1.54, 1.807) is 0 Å². The van der Waals surface area contributed by atoms with Crippen LogP contribution in [0.4, 0.5) is 0 Å². The summed E-state index contributed by atoms with van der Waals surface area (Å²) >= 11 is 0. The number of allylic oxidation sites excluding steroid dienone is 12. The molecule has 0 saturated heterocycles. The van der Waals surface area contributed by atoms with Crippen LogP contribution in [0.15, 0.2) is 72.9 Å². The van der Waals surface area contributed by atoms with Gasteiger partial charge >= 0.3 is 11.9 Å². The zero-order valence-corrected chi connectivity index (χ0v) is 29.6. The number of carbonyl (C=O) groups excluding carboxylic acids is 2. The van der Waals surface area contributed by atoms with Crippen LogP contribution >= 0.6 is 0 Å². The van der Waals surface area contributed by atoms with E-state index in [1.165, 1.54) is 70.6 Å². The molecule has 0 aliphatic carbocycles. The normalized spacial score (nSPS) is 13.0. The molecule has 0 radical (unpaired) electrons. The van der Waals surface area contributed by atoms with Gasteiger partial charge < -0.3 is 14.6 Å². The van der Waals surface area contributed by atoms with Crippen molar-refractivity contribution >= 4 is 11.9 Å². The molecule has 0 rings (SSSR count). The largest absolute Gasteiger partial charge is 0.462 e. The average Bonchev–Trinajstić information content (AvgIpc) is 3.06. The fourth-order valence-electron chi connectivity index (χ4n) is 4.63. The fraction of sp³-hybridized carbons (Fsp3) is 0.659. The van der Waals surface area contributed by atoms with E-state index in [-0.39, 0.29) is 31.6 Å². The number of aliphatic hydroxyl groups excluding tert-OH is 1. The first kappa shape index (κ1) is 43.3. The summed E-state index contributed by atoms with van der Waals surface area (Å²) in [5, 5.41) is 9.52. The summed E-state index contributed by atoms with van der Waals surface area (Å²) in [4.78, 5) is 24.2. The van der Waals surface area contributed by atoms with Gasteiger partial charge in [-0.05, 0) is 83.5 Å². The summed E-state index contributed by atoms with van der Waals surface area (Å²) in [5.41, 5.74) is 0. The summed E-state index contributed by atoms with van der Waals surface area (Å²) in [5.74, 6) is -0.704. The number of hydrogen-bond donors (Lipinski definition) is 1. The van der Waals surface area contributed by atoms with E-state index in [1.807, 2.05) is 0 Å². The molecule has 0 aromatic heterocycles. The first-order chi connectivity index (χ1) is 22.6. The van der Waals surface area contributed by atoms with Gasteiger partial charge in [-0.1, -0.05) is 132 Å². The smallest absolute Gasteiger partial charge is 0.306 e. The van der Waals surface area contributed by atoms with Crippen LogP contribution in [0.5, 0.6) is 0 Å². The summed E-state index contributed by atoms with van der Waals surface area (Å²) < 4.78 is 10.5. The Labute approximate surface area is 283 Å². The molecule has 0 bridgehead atoms. The molecule has 46 heavy (non-hydrogen) atoms. The Morgan fingerprint density at radius 2 is 0.891 bits per heavy atom. The van der Waals surface area contributed by atoms with Gasteiger partial charge in [0.2, 0.25) is 0 Å². The first-order valence-corrected chi connectivity index (χ1v) is 18.5. The van der Waals surface area contributed by atoms with Crippen molar-refractivity contribution in [2.75, 3.05) is 13.2 Å². The maximum absolute atomic E-state index is 12.1. The lowest BCUT2D eigenvalue weighted by atomic mass is 10.1. The molecule has 5 nitrogen and oxygen atoms in total. The minimum absolute atomic E-state index is 0.109. The lowest BCUT2D eigenvalue weighted by Gasteiger charge is -2.15. The molecule has 1 atom stereocenters. The SMILES string of the molecule is CCCCCC=CCC=CCC=CCCCCC(=O)OC[C@H](CO)OC(=O)CCCC=CCC=CCC=CCCCCCCCC. The zero-order chi connectivity index (χ0) is 33.6. The maximum atomic E-state index is 12.1. The predicted molar refractivity (Wildman–Crippen MR) is 196 cm³/mol. The predicted octanol–water partition coefficient (Wildman–Crippen LogP) is 11.4. The lowest BCUT2D eigenvalue weighted by molar-refractivity contribution is -0.161. The third kappa shape index (κ3) is 34.2. The monoisotopic (exact) mass is 641 g/mol. The van der Waals surface area contributed by atoms with Crippen LogP contribution < -0.4 is 0 Å². The van der Waals surface area contributed by atoms with Crippen molar-refractivity contribution < 1.29 is 24.2 Å². The minimum Gasteiger partial charge on any atom is -0.462 e. The van der Waals surface area contributed by atoms with Crippen LogP contribution in [0.2, 0.25) is 0 Å². The third-order valence-corrected chi connectivity index (χ3v) is 7.47. The Balaban J connectivity index is 3.75. The van der Waals surface area contributed by atoms with Gasteiger partial charge in [0.1, 0.15) is 6.61 Å². The molecule has 0 aliphatic rings. The minimum atomic E-state index is -0.815. The molecule has 0 aliphatic heterocycles.